The summed E-state index contributed by atoms with van der Waals surface area (Å²) in [7, 11) is 0. The van der Waals surface area contributed by atoms with E-state index in [0.717, 1.165) is 10.8 Å². The summed E-state index contributed by atoms with van der Waals surface area (Å²) in [6.45, 7) is 6.47. The molecule has 0 saturated heterocycles. The standard InChI is InChI=1S/C10H18N2S2/c1-7(6-13-4)12-8(2)10-5-11-9(3)14-10/h5,7-8,12H,6H2,1-4H3. The van der Waals surface area contributed by atoms with Crippen molar-refractivity contribution in [1.82, 2.24) is 10.3 Å². The SMILES string of the molecule is CSCC(C)NC(C)c1cnc(C)s1. The van der Waals surface area contributed by atoms with Gasteiger partial charge in [-0.15, -0.1) is 11.3 Å². The Bertz CT molecular complexity index is 273. The molecule has 1 aromatic heterocycles. The summed E-state index contributed by atoms with van der Waals surface area (Å²) in [5.74, 6) is 1.15. The van der Waals surface area contributed by atoms with Crippen LogP contribution in [0.3, 0.4) is 0 Å². The number of nitrogens with one attached hydrogen (secondary N) is 1. The fourth-order valence-corrected chi connectivity index (χ4v) is 2.78. The van der Waals surface area contributed by atoms with E-state index in [0.29, 0.717) is 12.1 Å². The van der Waals surface area contributed by atoms with Crippen LogP contribution in [0.15, 0.2) is 6.20 Å². The number of rotatable bonds is 5. The lowest BCUT2D eigenvalue weighted by Gasteiger charge is -2.17. The second-order valence-electron chi connectivity index (χ2n) is 3.53. The lowest BCUT2D eigenvalue weighted by molar-refractivity contribution is 0.517. The van der Waals surface area contributed by atoms with Crippen LogP contribution in [0.5, 0.6) is 0 Å². The van der Waals surface area contributed by atoms with E-state index in [4.69, 9.17) is 0 Å². The first-order valence-electron chi connectivity index (χ1n) is 4.80. The number of hydrogen-bond donors (Lipinski definition) is 1. The molecule has 0 amide bonds. The van der Waals surface area contributed by atoms with Gasteiger partial charge in [-0.2, -0.15) is 11.8 Å². The molecule has 2 nitrogen and oxygen atoms in total. The van der Waals surface area contributed by atoms with Gasteiger partial charge in [0.15, 0.2) is 0 Å². The molecule has 14 heavy (non-hydrogen) atoms. The summed E-state index contributed by atoms with van der Waals surface area (Å²) in [6.07, 6.45) is 4.11. The molecule has 1 heterocycles. The number of thioether (sulfide) groups is 1. The molecule has 2 unspecified atom stereocenters. The second-order valence-corrected chi connectivity index (χ2v) is 5.70. The van der Waals surface area contributed by atoms with E-state index >= 15 is 0 Å². The first kappa shape index (κ1) is 12.0. The Kier molecular flexibility index (Phi) is 4.92. The van der Waals surface area contributed by atoms with Gasteiger partial charge in [0.1, 0.15) is 0 Å². The zero-order valence-electron chi connectivity index (χ0n) is 9.20. The Morgan fingerprint density at radius 1 is 1.57 bits per heavy atom. The highest BCUT2D eigenvalue weighted by atomic mass is 32.2. The topological polar surface area (TPSA) is 24.9 Å². The third kappa shape index (κ3) is 3.59. The highest BCUT2D eigenvalue weighted by Crippen LogP contribution is 2.20. The molecule has 0 bridgehead atoms. The predicted molar refractivity (Wildman–Crippen MR) is 66.2 cm³/mol. The fourth-order valence-electron chi connectivity index (χ4n) is 1.38. The molecule has 2 atom stereocenters. The average Bonchev–Trinajstić information content (AvgIpc) is 2.52. The van der Waals surface area contributed by atoms with Gasteiger partial charge in [-0.1, -0.05) is 0 Å². The summed E-state index contributed by atoms with van der Waals surface area (Å²) in [6, 6.07) is 0.978. The van der Waals surface area contributed by atoms with Crippen LogP contribution in [0.1, 0.15) is 29.8 Å². The minimum absolute atomic E-state index is 0.420. The van der Waals surface area contributed by atoms with Gasteiger partial charge in [0.05, 0.1) is 5.01 Å². The smallest absolute Gasteiger partial charge is 0.0897 e. The molecule has 0 aliphatic rings. The van der Waals surface area contributed by atoms with Crippen LogP contribution in [-0.4, -0.2) is 23.0 Å². The van der Waals surface area contributed by atoms with Crippen molar-refractivity contribution in [3.05, 3.63) is 16.1 Å². The van der Waals surface area contributed by atoms with Crippen molar-refractivity contribution in [1.29, 1.82) is 0 Å². The van der Waals surface area contributed by atoms with Crippen molar-refractivity contribution < 1.29 is 0 Å². The molecule has 1 aromatic rings. The Balaban J connectivity index is 2.45. The maximum atomic E-state index is 4.26. The van der Waals surface area contributed by atoms with Crippen LogP contribution in [0, 0.1) is 6.92 Å². The zero-order valence-corrected chi connectivity index (χ0v) is 10.8. The molecule has 0 aliphatic heterocycles. The van der Waals surface area contributed by atoms with Crippen LogP contribution in [0.25, 0.3) is 0 Å². The van der Waals surface area contributed by atoms with Crippen molar-refractivity contribution in [2.75, 3.05) is 12.0 Å². The Morgan fingerprint density at radius 2 is 2.29 bits per heavy atom. The molecule has 0 saturated carbocycles. The molecule has 80 valence electrons. The van der Waals surface area contributed by atoms with Gasteiger partial charge in [0.25, 0.3) is 0 Å². The van der Waals surface area contributed by atoms with Crippen molar-refractivity contribution >= 4 is 23.1 Å². The zero-order chi connectivity index (χ0) is 10.6. The third-order valence-corrected chi connectivity index (χ3v) is 3.95. The van der Waals surface area contributed by atoms with E-state index < -0.39 is 0 Å². The third-order valence-electron chi connectivity index (χ3n) is 2.02. The van der Waals surface area contributed by atoms with Gasteiger partial charge in [-0.25, -0.2) is 4.98 Å². The monoisotopic (exact) mass is 230 g/mol. The Labute approximate surface area is 94.5 Å². The Morgan fingerprint density at radius 3 is 2.79 bits per heavy atom. The summed E-state index contributed by atoms with van der Waals surface area (Å²) in [5.41, 5.74) is 0. The fraction of sp³-hybridized carbons (Fsp3) is 0.700. The molecule has 0 fully saturated rings. The quantitative estimate of drug-likeness (QED) is 0.842. The van der Waals surface area contributed by atoms with Gasteiger partial charge >= 0.3 is 0 Å². The van der Waals surface area contributed by atoms with Crippen LogP contribution < -0.4 is 5.32 Å². The van der Waals surface area contributed by atoms with E-state index in [1.54, 1.807) is 11.3 Å². The van der Waals surface area contributed by atoms with E-state index in [1.165, 1.54) is 4.88 Å². The molecule has 1 N–H and O–H groups in total. The predicted octanol–water partition coefficient (Wildman–Crippen LogP) is 2.85. The van der Waals surface area contributed by atoms with Crippen molar-refractivity contribution in [2.45, 2.75) is 32.9 Å². The number of aryl methyl sites for hydroxylation is 1. The molecule has 0 aliphatic carbocycles. The van der Waals surface area contributed by atoms with Gasteiger partial charge in [-0.3, -0.25) is 0 Å². The lowest BCUT2D eigenvalue weighted by Crippen LogP contribution is -2.30. The van der Waals surface area contributed by atoms with Gasteiger partial charge in [0.2, 0.25) is 0 Å². The van der Waals surface area contributed by atoms with Crippen LogP contribution in [0.2, 0.25) is 0 Å². The average molecular weight is 230 g/mol. The van der Waals surface area contributed by atoms with Crippen molar-refractivity contribution in [2.24, 2.45) is 0 Å². The highest BCUT2D eigenvalue weighted by molar-refractivity contribution is 7.98. The van der Waals surface area contributed by atoms with Crippen LogP contribution in [-0.2, 0) is 0 Å². The highest BCUT2D eigenvalue weighted by Gasteiger charge is 2.10. The lowest BCUT2D eigenvalue weighted by atomic mass is 10.2. The normalized spacial score (nSPS) is 15.4. The van der Waals surface area contributed by atoms with Gasteiger partial charge < -0.3 is 5.32 Å². The summed E-state index contributed by atoms with van der Waals surface area (Å²) < 4.78 is 0. The maximum Gasteiger partial charge on any atom is 0.0897 e. The number of hydrogen-bond acceptors (Lipinski definition) is 4. The summed E-state index contributed by atoms with van der Waals surface area (Å²) in [5, 5.41) is 4.70. The first-order valence-corrected chi connectivity index (χ1v) is 7.01. The summed E-state index contributed by atoms with van der Waals surface area (Å²) >= 11 is 3.65. The molecular weight excluding hydrogens is 212 g/mol. The van der Waals surface area contributed by atoms with Crippen molar-refractivity contribution in [3.8, 4) is 0 Å². The van der Waals surface area contributed by atoms with Crippen molar-refractivity contribution in [3.63, 3.8) is 0 Å². The molecule has 0 spiro atoms. The van der Waals surface area contributed by atoms with E-state index in [-0.39, 0.29) is 0 Å². The molecule has 0 aromatic carbocycles. The first-order chi connectivity index (χ1) is 6.63. The number of thiazole rings is 1. The van der Waals surface area contributed by atoms with Crippen LogP contribution >= 0.6 is 23.1 Å². The molecule has 1 rings (SSSR count). The second kappa shape index (κ2) is 5.73. The molecular formula is C10H18N2S2. The maximum absolute atomic E-state index is 4.26. The van der Waals surface area contributed by atoms with Crippen LogP contribution in [0.4, 0.5) is 0 Å². The van der Waals surface area contributed by atoms with Gasteiger partial charge in [0, 0.05) is 28.9 Å². The van der Waals surface area contributed by atoms with E-state index in [1.807, 2.05) is 24.9 Å². The number of nitrogens with zero attached hydrogens (tertiary/aromatic N) is 1. The summed E-state index contributed by atoms with van der Waals surface area (Å²) in [4.78, 5) is 5.59. The Hall–Kier alpha value is -0.0600. The van der Waals surface area contributed by atoms with Gasteiger partial charge in [-0.05, 0) is 27.0 Å². The van der Waals surface area contributed by atoms with E-state index in [9.17, 15) is 0 Å². The van der Waals surface area contributed by atoms with E-state index in [2.05, 4.69) is 30.4 Å². The minimum atomic E-state index is 0.420. The largest absolute Gasteiger partial charge is 0.306 e. The minimum Gasteiger partial charge on any atom is -0.306 e. The molecule has 0 radical (unpaired) electrons. The molecule has 4 heteroatoms. The number of aromatic nitrogens is 1.